The molecule has 3 aromatic rings. The van der Waals surface area contributed by atoms with Crippen LogP contribution in [0.4, 0.5) is 10.5 Å². The molecule has 0 aliphatic carbocycles. The summed E-state index contributed by atoms with van der Waals surface area (Å²) in [5.74, 6) is -0.408. The van der Waals surface area contributed by atoms with Crippen LogP contribution in [-0.2, 0) is 16.0 Å². The number of rotatable bonds is 6. The normalized spacial score (nSPS) is 16.4. The van der Waals surface area contributed by atoms with E-state index in [-0.39, 0.29) is 6.54 Å². The fraction of sp³-hybridized carbons (Fsp3) is 0.261. The Hall–Kier alpha value is -3.61. The summed E-state index contributed by atoms with van der Waals surface area (Å²) in [4.78, 5) is 41.6. The Balaban J connectivity index is 1.39. The van der Waals surface area contributed by atoms with Crippen LogP contribution in [0.5, 0.6) is 0 Å². The number of amides is 4. The Morgan fingerprint density at radius 3 is 2.57 bits per heavy atom. The lowest BCUT2D eigenvalue weighted by Gasteiger charge is -2.13. The van der Waals surface area contributed by atoms with Crippen LogP contribution >= 0.6 is 0 Å². The highest BCUT2D eigenvalue weighted by molar-refractivity contribution is 6.08. The number of para-hydroxylation sites is 1. The van der Waals surface area contributed by atoms with Gasteiger partial charge in [-0.25, -0.2) is 4.79 Å². The van der Waals surface area contributed by atoms with E-state index < -0.39 is 23.9 Å². The molecule has 1 saturated heterocycles. The standard InChI is InChI=1S/C23H24N4O3/c1-14(2)15-7-9-17(10-8-15)25-21(28)13-27-22(29)20(26-23(27)30)11-16-12-24-19-6-4-3-5-18(16)19/h3-10,12,14,20,24H,11,13H2,1-2H3,(H,25,28)(H,26,30). The van der Waals surface area contributed by atoms with Gasteiger partial charge >= 0.3 is 6.03 Å². The molecular formula is C23H24N4O3. The van der Waals surface area contributed by atoms with Crippen molar-refractivity contribution in [3.63, 3.8) is 0 Å². The molecule has 154 valence electrons. The van der Waals surface area contributed by atoms with Gasteiger partial charge < -0.3 is 15.6 Å². The molecule has 1 aromatic heterocycles. The number of carbonyl (C=O) groups is 3. The van der Waals surface area contributed by atoms with Gasteiger partial charge in [0.15, 0.2) is 0 Å². The summed E-state index contributed by atoms with van der Waals surface area (Å²) in [6.45, 7) is 3.87. The number of nitrogens with one attached hydrogen (secondary N) is 3. The summed E-state index contributed by atoms with van der Waals surface area (Å²) in [5.41, 5.74) is 3.72. The third-order valence-electron chi connectivity index (χ3n) is 5.37. The molecule has 0 spiro atoms. The second-order valence-electron chi connectivity index (χ2n) is 7.81. The van der Waals surface area contributed by atoms with E-state index in [2.05, 4.69) is 29.5 Å². The first-order valence-corrected chi connectivity index (χ1v) is 9.99. The van der Waals surface area contributed by atoms with E-state index in [0.717, 1.165) is 21.4 Å². The van der Waals surface area contributed by atoms with Crippen molar-refractivity contribution in [2.45, 2.75) is 32.2 Å². The largest absolute Gasteiger partial charge is 0.361 e. The first-order chi connectivity index (χ1) is 14.4. The van der Waals surface area contributed by atoms with E-state index in [9.17, 15) is 14.4 Å². The summed E-state index contributed by atoms with van der Waals surface area (Å²) in [5, 5.41) is 6.45. The highest BCUT2D eigenvalue weighted by Crippen LogP contribution is 2.21. The third kappa shape index (κ3) is 3.91. The fourth-order valence-corrected chi connectivity index (χ4v) is 3.68. The number of imide groups is 1. The molecule has 1 aliphatic rings. The Kier molecular flexibility index (Phi) is 5.27. The Bertz CT molecular complexity index is 1100. The highest BCUT2D eigenvalue weighted by atomic mass is 16.2. The number of carbonyl (C=O) groups excluding carboxylic acids is 3. The molecule has 4 amide bonds. The smallest absolute Gasteiger partial charge is 0.325 e. The number of hydrogen-bond acceptors (Lipinski definition) is 3. The molecule has 4 rings (SSSR count). The van der Waals surface area contributed by atoms with Crippen molar-refractivity contribution in [1.29, 1.82) is 0 Å². The monoisotopic (exact) mass is 404 g/mol. The predicted octanol–water partition coefficient (Wildman–Crippen LogP) is 3.39. The van der Waals surface area contributed by atoms with Gasteiger partial charge in [-0.1, -0.05) is 44.2 Å². The Labute approximate surface area is 174 Å². The maximum absolute atomic E-state index is 12.7. The first-order valence-electron chi connectivity index (χ1n) is 9.99. The second-order valence-corrected chi connectivity index (χ2v) is 7.81. The minimum atomic E-state index is -0.685. The van der Waals surface area contributed by atoms with Crippen molar-refractivity contribution < 1.29 is 14.4 Å². The van der Waals surface area contributed by atoms with Gasteiger partial charge in [0.1, 0.15) is 12.6 Å². The molecule has 2 aromatic carbocycles. The molecule has 1 aliphatic heterocycles. The Morgan fingerprint density at radius 2 is 1.83 bits per heavy atom. The molecule has 0 radical (unpaired) electrons. The van der Waals surface area contributed by atoms with Crippen LogP contribution in [0.3, 0.4) is 0 Å². The van der Waals surface area contributed by atoms with E-state index in [1.165, 1.54) is 5.56 Å². The van der Waals surface area contributed by atoms with E-state index in [1.807, 2.05) is 54.7 Å². The zero-order chi connectivity index (χ0) is 21.3. The summed E-state index contributed by atoms with van der Waals surface area (Å²) in [6.07, 6.45) is 2.21. The maximum Gasteiger partial charge on any atom is 0.325 e. The van der Waals surface area contributed by atoms with Gasteiger partial charge in [-0.3, -0.25) is 14.5 Å². The van der Waals surface area contributed by atoms with Crippen molar-refractivity contribution in [2.75, 3.05) is 11.9 Å². The number of hydrogen-bond donors (Lipinski definition) is 3. The molecule has 1 unspecified atom stereocenters. The molecule has 1 atom stereocenters. The van der Waals surface area contributed by atoms with E-state index in [0.29, 0.717) is 18.0 Å². The highest BCUT2D eigenvalue weighted by Gasteiger charge is 2.39. The summed E-state index contributed by atoms with van der Waals surface area (Å²) >= 11 is 0. The number of anilines is 1. The zero-order valence-corrected chi connectivity index (χ0v) is 16.9. The molecule has 3 N–H and O–H groups in total. The second kappa shape index (κ2) is 8.02. The number of fused-ring (bicyclic) bond motifs is 1. The van der Waals surface area contributed by atoms with Crippen LogP contribution in [0.1, 0.15) is 30.9 Å². The fourth-order valence-electron chi connectivity index (χ4n) is 3.68. The average Bonchev–Trinajstić information content (AvgIpc) is 3.25. The Morgan fingerprint density at radius 1 is 1.10 bits per heavy atom. The molecular weight excluding hydrogens is 380 g/mol. The summed E-state index contributed by atoms with van der Waals surface area (Å²) in [7, 11) is 0. The number of aromatic nitrogens is 1. The molecule has 0 saturated carbocycles. The minimum absolute atomic E-state index is 0.318. The molecule has 2 heterocycles. The van der Waals surface area contributed by atoms with Crippen molar-refractivity contribution in [1.82, 2.24) is 15.2 Å². The lowest BCUT2D eigenvalue weighted by atomic mass is 10.0. The molecule has 30 heavy (non-hydrogen) atoms. The average molecular weight is 404 g/mol. The van der Waals surface area contributed by atoms with Crippen LogP contribution in [0.25, 0.3) is 10.9 Å². The number of H-pyrrole nitrogens is 1. The maximum atomic E-state index is 12.7. The lowest BCUT2D eigenvalue weighted by molar-refractivity contribution is -0.130. The van der Waals surface area contributed by atoms with Crippen molar-refractivity contribution >= 4 is 34.4 Å². The van der Waals surface area contributed by atoms with Crippen molar-refractivity contribution in [3.05, 3.63) is 65.9 Å². The van der Waals surface area contributed by atoms with Gasteiger partial charge in [-0.15, -0.1) is 0 Å². The molecule has 7 nitrogen and oxygen atoms in total. The quantitative estimate of drug-likeness (QED) is 0.550. The van der Waals surface area contributed by atoms with E-state index >= 15 is 0 Å². The van der Waals surface area contributed by atoms with Crippen LogP contribution in [0.15, 0.2) is 54.7 Å². The van der Waals surface area contributed by atoms with Gasteiger partial charge in [0, 0.05) is 29.2 Å². The van der Waals surface area contributed by atoms with Crippen LogP contribution < -0.4 is 10.6 Å². The van der Waals surface area contributed by atoms with Gasteiger partial charge in [-0.2, -0.15) is 0 Å². The minimum Gasteiger partial charge on any atom is -0.361 e. The summed E-state index contributed by atoms with van der Waals surface area (Å²) in [6, 6.07) is 14.1. The van der Waals surface area contributed by atoms with Crippen LogP contribution in [-0.4, -0.2) is 40.3 Å². The topological polar surface area (TPSA) is 94.3 Å². The van der Waals surface area contributed by atoms with E-state index in [1.54, 1.807) is 0 Å². The zero-order valence-electron chi connectivity index (χ0n) is 16.9. The van der Waals surface area contributed by atoms with Crippen LogP contribution in [0, 0.1) is 0 Å². The number of nitrogens with zero attached hydrogens (tertiary/aromatic N) is 1. The van der Waals surface area contributed by atoms with Gasteiger partial charge in [0.05, 0.1) is 0 Å². The van der Waals surface area contributed by atoms with Crippen molar-refractivity contribution in [2.24, 2.45) is 0 Å². The van der Waals surface area contributed by atoms with Gasteiger partial charge in [0.2, 0.25) is 5.91 Å². The predicted molar refractivity (Wildman–Crippen MR) is 115 cm³/mol. The molecule has 0 bridgehead atoms. The van der Waals surface area contributed by atoms with Crippen molar-refractivity contribution in [3.8, 4) is 0 Å². The van der Waals surface area contributed by atoms with E-state index in [4.69, 9.17) is 0 Å². The first kappa shape index (κ1) is 19.7. The summed E-state index contributed by atoms with van der Waals surface area (Å²) < 4.78 is 0. The SMILES string of the molecule is CC(C)c1ccc(NC(=O)CN2C(=O)NC(Cc3c[nH]c4ccccc34)C2=O)cc1. The number of urea groups is 1. The van der Waals surface area contributed by atoms with Gasteiger partial charge in [-0.05, 0) is 35.2 Å². The molecule has 1 fully saturated rings. The number of aromatic amines is 1. The van der Waals surface area contributed by atoms with Crippen LogP contribution in [0.2, 0.25) is 0 Å². The molecule has 7 heteroatoms. The number of benzene rings is 2. The lowest BCUT2D eigenvalue weighted by Crippen LogP contribution is -2.38. The third-order valence-corrected chi connectivity index (χ3v) is 5.37. The van der Waals surface area contributed by atoms with Gasteiger partial charge in [0.25, 0.3) is 5.91 Å².